The average Bonchev–Trinajstić information content (AvgIpc) is 3.09. The van der Waals surface area contributed by atoms with Crippen LogP contribution in [0, 0.1) is 23.7 Å². The van der Waals surface area contributed by atoms with Crippen LogP contribution in [0.1, 0.15) is 88.2 Å². The minimum Gasteiger partial charge on any atom is -0.682 e. The van der Waals surface area contributed by atoms with Crippen LogP contribution in [0.3, 0.4) is 0 Å². The van der Waals surface area contributed by atoms with Gasteiger partial charge in [-0.05, 0) is 11.1 Å². The Balaban J connectivity index is 0.000000113. The van der Waals surface area contributed by atoms with Crippen molar-refractivity contribution in [3.05, 3.63) is 67.3 Å². The van der Waals surface area contributed by atoms with Crippen LogP contribution in [0.2, 0.25) is 0 Å². The monoisotopic (exact) mass is 625 g/mol. The van der Waals surface area contributed by atoms with Crippen molar-refractivity contribution in [2.45, 2.75) is 101 Å². The van der Waals surface area contributed by atoms with Gasteiger partial charge in [0, 0.05) is 16.8 Å². The van der Waals surface area contributed by atoms with Gasteiger partial charge in [-0.2, -0.15) is 0 Å². The quantitative estimate of drug-likeness (QED) is 0.275. The SMILES string of the molecule is C1=Cc2ccc3c(c2[N-]C1)[N-]CC=C3.C1C[N-]C2C(C1)CCC1CCC[N-]C12.C1C[N-]C2C(C1)CCC1CCC[N-]C12.[Co]. The Kier molecular flexibility index (Phi) is 11.2. The number of piperidine rings is 4. The van der Waals surface area contributed by atoms with Crippen molar-refractivity contribution in [3.8, 4) is 0 Å². The van der Waals surface area contributed by atoms with Gasteiger partial charge in [0.2, 0.25) is 0 Å². The van der Waals surface area contributed by atoms with E-state index < -0.39 is 0 Å². The second-order valence-corrected chi connectivity index (χ2v) is 13.8. The first-order chi connectivity index (χ1) is 20.8. The maximum absolute atomic E-state index is 4.84. The van der Waals surface area contributed by atoms with E-state index in [4.69, 9.17) is 21.3 Å². The van der Waals surface area contributed by atoms with Gasteiger partial charge in [0.1, 0.15) is 0 Å². The molecule has 0 spiro atoms. The fourth-order valence-corrected chi connectivity index (χ4v) is 9.18. The minimum absolute atomic E-state index is 0. The summed E-state index contributed by atoms with van der Waals surface area (Å²) in [5.41, 5.74) is 4.51. The molecule has 8 aliphatic rings. The average molecular weight is 626 g/mol. The van der Waals surface area contributed by atoms with Crippen molar-refractivity contribution in [1.29, 1.82) is 0 Å². The Hall–Kier alpha value is -1.35. The van der Waals surface area contributed by atoms with Crippen LogP contribution in [0.5, 0.6) is 0 Å². The first-order valence-corrected chi connectivity index (χ1v) is 17.4. The topological polar surface area (TPSA) is 84.6 Å². The smallest absolute Gasteiger partial charge is 0 e. The van der Waals surface area contributed by atoms with Gasteiger partial charge in [-0.15, -0.1) is 87.0 Å². The zero-order chi connectivity index (χ0) is 28.1. The summed E-state index contributed by atoms with van der Waals surface area (Å²) in [5.74, 6) is 3.58. The molecule has 7 heteroatoms. The van der Waals surface area contributed by atoms with Gasteiger partial charge in [0.15, 0.2) is 0 Å². The van der Waals surface area contributed by atoms with Gasteiger partial charge < -0.3 is 31.9 Å². The molecule has 6 fully saturated rings. The van der Waals surface area contributed by atoms with E-state index in [2.05, 4.69) is 47.1 Å². The molecule has 1 aromatic carbocycles. The van der Waals surface area contributed by atoms with Gasteiger partial charge >= 0.3 is 0 Å². The molecule has 9 rings (SSSR count). The first kappa shape index (κ1) is 31.6. The molecule has 2 saturated carbocycles. The van der Waals surface area contributed by atoms with Crippen molar-refractivity contribution in [2.24, 2.45) is 23.7 Å². The molecule has 0 amide bonds. The Morgan fingerprint density at radius 2 is 0.767 bits per heavy atom. The fourth-order valence-electron chi connectivity index (χ4n) is 9.18. The summed E-state index contributed by atoms with van der Waals surface area (Å²) in [5, 5.41) is 28.4. The number of rotatable bonds is 0. The van der Waals surface area contributed by atoms with Crippen LogP contribution in [-0.2, 0) is 16.8 Å². The largest absolute Gasteiger partial charge is 0.682 e. The molecule has 0 N–H and O–H groups in total. The normalized spacial score (nSPS) is 36.7. The van der Waals surface area contributed by atoms with Crippen LogP contribution in [0.15, 0.2) is 24.3 Å². The van der Waals surface area contributed by atoms with Crippen molar-refractivity contribution in [2.75, 3.05) is 39.3 Å². The van der Waals surface area contributed by atoms with E-state index in [0.717, 1.165) is 74.3 Å². The summed E-state index contributed by atoms with van der Waals surface area (Å²) in [6.45, 7) is 6.00. The zero-order valence-corrected chi connectivity index (χ0v) is 26.9. The standard InChI is InChI=1S/2C12H20N2.C12H10N2.Co/c3*1-3-9-5-6-10-4-2-8-14-12(10)11(9)13-7-1;/h2*9-12H,1-8H2;1-6H,7-8H2;/q3*-2;. The molecule has 6 nitrogen and oxygen atoms in total. The van der Waals surface area contributed by atoms with E-state index in [-0.39, 0.29) is 16.8 Å². The van der Waals surface area contributed by atoms with Crippen molar-refractivity contribution in [1.82, 2.24) is 0 Å². The van der Waals surface area contributed by atoms with Crippen molar-refractivity contribution >= 4 is 23.5 Å². The number of fused-ring (bicyclic) bond motifs is 9. The molecule has 1 radical (unpaired) electrons. The van der Waals surface area contributed by atoms with Gasteiger partial charge in [-0.25, -0.2) is 0 Å². The third-order valence-corrected chi connectivity index (χ3v) is 11.3. The predicted octanol–water partition coefficient (Wildman–Crippen LogP) is 9.92. The van der Waals surface area contributed by atoms with E-state index in [0.29, 0.717) is 24.2 Å². The van der Waals surface area contributed by atoms with Gasteiger partial charge in [-0.1, -0.05) is 125 Å². The van der Waals surface area contributed by atoms with Crippen LogP contribution in [0.4, 0.5) is 11.4 Å². The van der Waals surface area contributed by atoms with E-state index in [1.54, 1.807) is 0 Å². The van der Waals surface area contributed by atoms with Crippen molar-refractivity contribution in [3.63, 3.8) is 0 Å². The fraction of sp³-hybridized carbons (Fsp3) is 0.722. The molecule has 0 aromatic heterocycles. The number of hydrogen-bond acceptors (Lipinski definition) is 0. The third-order valence-electron chi connectivity index (χ3n) is 11.3. The van der Waals surface area contributed by atoms with E-state index >= 15 is 0 Å². The molecular formula is C36H50CoN6-6. The minimum atomic E-state index is 0. The Morgan fingerprint density at radius 3 is 1.09 bits per heavy atom. The molecule has 2 aliphatic carbocycles. The van der Waals surface area contributed by atoms with Crippen LogP contribution >= 0.6 is 0 Å². The Morgan fingerprint density at radius 1 is 0.442 bits per heavy atom. The maximum Gasteiger partial charge on any atom is 0 e. The summed E-state index contributed by atoms with van der Waals surface area (Å²) in [7, 11) is 0. The maximum atomic E-state index is 4.84. The number of hydrogen-bond donors (Lipinski definition) is 0. The molecule has 8 unspecified atom stereocenters. The summed E-state index contributed by atoms with van der Waals surface area (Å²) in [6, 6.07) is 6.73. The summed E-state index contributed by atoms with van der Waals surface area (Å²) < 4.78 is 0. The molecule has 6 aliphatic heterocycles. The van der Waals surface area contributed by atoms with Gasteiger partial charge in [-0.3, -0.25) is 0 Å². The molecule has 1 aromatic rings. The molecule has 43 heavy (non-hydrogen) atoms. The zero-order valence-electron chi connectivity index (χ0n) is 25.8. The van der Waals surface area contributed by atoms with E-state index in [9.17, 15) is 0 Å². The molecule has 239 valence electrons. The second kappa shape index (κ2) is 15.3. The van der Waals surface area contributed by atoms with Crippen molar-refractivity contribution < 1.29 is 16.8 Å². The molecule has 0 bridgehead atoms. The predicted molar refractivity (Wildman–Crippen MR) is 178 cm³/mol. The van der Waals surface area contributed by atoms with Crippen LogP contribution in [-0.4, -0.2) is 63.4 Å². The number of benzene rings is 1. The van der Waals surface area contributed by atoms with Crippen LogP contribution in [0.25, 0.3) is 44.1 Å². The van der Waals surface area contributed by atoms with E-state index in [1.807, 2.05) is 0 Å². The molecular weight excluding hydrogens is 575 g/mol. The molecule has 4 saturated heterocycles. The van der Waals surface area contributed by atoms with Gasteiger partial charge in [0.05, 0.1) is 0 Å². The van der Waals surface area contributed by atoms with Gasteiger partial charge in [0.25, 0.3) is 0 Å². The molecule has 8 atom stereocenters. The van der Waals surface area contributed by atoms with Crippen LogP contribution < -0.4 is 0 Å². The third kappa shape index (κ3) is 7.23. The Labute approximate surface area is 271 Å². The number of nitrogens with zero attached hydrogens (tertiary/aromatic N) is 6. The molecule has 6 heterocycles. The van der Waals surface area contributed by atoms with E-state index in [1.165, 1.54) is 88.2 Å². The Bertz CT molecular complexity index is 976. The summed E-state index contributed by atoms with van der Waals surface area (Å²) in [4.78, 5) is 0. The first-order valence-electron chi connectivity index (χ1n) is 17.4. The summed E-state index contributed by atoms with van der Waals surface area (Å²) >= 11 is 0. The summed E-state index contributed by atoms with van der Waals surface area (Å²) in [6.07, 6.45) is 25.2. The second-order valence-electron chi connectivity index (χ2n) is 13.8.